The molecule has 0 fully saturated rings. The van der Waals surface area contributed by atoms with Crippen molar-refractivity contribution in [2.24, 2.45) is 5.73 Å². The van der Waals surface area contributed by atoms with Crippen molar-refractivity contribution in [2.75, 3.05) is 13.2 Å². The van der Waals surface area contributed by atoms with E-state index in [1.165, 1.54) is 0 Å². The van der Waals surface area contributed by atoms with E-state index in [2.05, 4.69) is 4.43 Å². The van der Waals surface area contributed by atoms with Crippen molar-refractivity contribution in [3.63, 3.8) is 0 Å². The highest BCUT2D eigenvalue weighted by Gasteiger charge is 1.80. The Balaban J connectivity index is 2.82. The van der Waals surface area contributed by atoms with Crippen molar-refractivity contribution >= 4 is 9.17 Å². The van der Waals surface area contributed by atoms with Gasteiger partial charge in [0.05, 0.1) is 0 Å². The molecule has 0 aromatic heterocycles. The zero-order valence-corrected chi connectivity index (χ0v) is 4.72. The van der Waals surface area contributed by atoms with Crippen LogP contribution in [0.4, 0.5) is 0 Å². The minimum Gasteiger partial charge on any atom is -0.587 e. The lowest BCUT2D eigenvalue weighted by Gasteiger charge is -2.02. The van der Waals surface area contributed by atoms with Crippen LogP contribution in [0.25, 0.3) is 0 Å². The monoisotopic (exact) mass is 120 g/mol. The third-order valence-electron chi connectivity index (χ3n) is 0.338. The average molecular weight is 120 g/mol. The van der Waals surface area contributed by atoms with Gasteiger partial charge in [-0.3, -0.25) is 0 Å². The Morgan fingerprint density at radius 3 is 2.57 bits per heavy atom. The van der Waals surface area contributed by atoms with E-state index in [0.29, 0.717) is 0 Å². The zero-order valence-electron chi connectivity index (χ0n) is 3.72. The summed E-state index contributed by atoms with van der Waals surface area (Å²) in [6.07, 6.45) is 0. The van der Waals surface area contributed by atoms with Crippen molar-refractivity contribution in [3.8, 4) is 0 Å². The maximum Gasteiger partial charge on any atom is 0.413 e. The summed E-state index contributed by atoms with van der Waals surface area (Å²) >= 11 is 0. The van der Waals surface area contributed by atoms with Gasteiger partial charge in [-0.25, -0.2) is 0 Å². The molecule has 0 saturated heterocycles. The summed E-state index contributed by atoms with van der Waals surface area (Å²) < 4.78 is 13.6. The molecule has 0 aromatic carbocycles. The Morgan fingerprint density at radius 1 is 1.86 bits per heavy atom. The first kappa shape index (κ1) is 6.58. The van der Waals surface area contributed by atoms with E-state index in [4.69, 9.17) is 5.73 Å². The van der Waals surface area contributed by atoms with Crippen LogP contribution in [0.5, 0.6) is 0 Å². The summed E-state index contributed by atoms with van der Waals surface area (Å²) in [5.41, 5.74) is 4.89. The van der Waals surface area contributed by atoms with Gasteiger partial charge in [-0.2, -0.15) is 0 Å². The largest absolute Gasteiger partial charge is 0.587 e. The molecule has 0 aromatic rings. The molecule has 0 rings (SSSR count). The molecule has 0 spiro atoms. The lowest BCUT2D eigenvalue weighted by molar-refractivity contribution is -0.229. The highest BCUT2D eigenvalue weighted by atomic mass is 28.3. The van der Waals surface area contributed by atoms with Gasteiger partial charge in [-0.1, -0.05) is 0 Å². The predicted molar refractivity (Wildman–Crippen MR) is 21.4 cm³/mol. The molecule has 0 atom stereocenters. The molecule has 0 radical (unpaired) electrons. The fourth-order valence-electron chi connectivity index (χ4n) is 0.142. The Labute approximate surface area is 42.8 Å². The fraction of sp³-hybridized carbons (Fsp3) is 1.00. The van der Waals surface area contributed by atoms with Crippen LogP contribution >= 0.6 is 0 Å². The molecule has 0 aliphatic carbocycles. The van der Waals surface area contributed by atoms with Crippen LogP contribution in [0.15, 0.2) is 0 Å². The Kier molecular flexibility index (Phi) is 3.53. The molecule has 0 heterocycles. The van der Waals surface area contributed by atoms with Crippen LogP contribution in [-0.4, -0.2) is 22.3 Å². The van der Waals surface area contributed by atoms with Gasteiger partial charge in [0, 0.05) is 13.2 Å². The molecule has 7 heavy (non-hydrogen) atoms. The van der Waals surface area contributed by atoms with Crippen LogP contribution in [-0.2, 0) is 8.89 Å². The molecular formula is C2H6NO3Si-. The van der Waals surface area contributed by atoms with E-state index in [9.17, 15) is 9.26 Å². The Bertz CT molecular complexity index is 66.0. The lowest BCUT2D eigenvalue weighted by Crippen LogP contribution is -2.26. The predicted octanol–water partition coefficient (Wildman–Crippen LogP) is -2.26. The molecule has 0 aliphatic heterocycles. The van der Waals surface area contributed by atoms with Gasteiger partial charge in [0.25, 0.3) is 0 Å². The van der Waals surface area contributed by atoms with Crippen LogP contribution in [0.1, 0.15) is 0 Å². The van der Waals surface area contributed by atoms with E-state index in [1.807, 2.05) is 0 Å². The van der Waals surface area contributed by atoms with Gasteiger partial charge in [0.15, 0.2) is 0 Å². The van der Waals surface area contributed by atoms with Gasteiger partial charge < -0.3 is 19.4 Å². The van der Waals surface area contributed by atoms with Crippen LogP contribution < -0.4 is 10.5 Å². The van der Waals surface area contributed by atoms with Crippen molar-refractivity contribution in [1.82, 2.24) is 0 Å². The van der Waals surface area contributed by atoms with E-state index in [0.717, 1.165) is 0 Å². The minimum absolute atomic E-state index is 0.0985. The highest BCUT2D eigenvalue weighted by Crippen LogP contribution is 1.60. The third-order valence-corrected chi connectivity index (χ3v) is 0.778. The van der Waals surface area contributed by atoms with E-state index >= 15 is 0 Å². The van der Waals surface area contributed by atoms with E-state index in [-0.39, 0.29) is 13.2 Å². The first-order chi connectivity index (χ1) is 3.27. The topological polar surface area (TPSA) is 75.4 Å². The number of nitrogens with two attached hydrogens (primary N) is 1. The molecule has 5 heteroatoms. The smallest absolute Gasteiger partial charge is 0.413 e. The SMILES string of the molecule is NCCO[Si](=O)[O-]. The molecular weight excluding hydrogens is 114 g/mol. The molecule has 0 bridgehead atoms. The molecule has 0 amide bonds. The number of hydrogen-bond donors (Lipinski definition) is 1. The lowest BCUT2D eigenvalue weighted by atomic mass is 10.8. The summed E-state index contributed by atoms with van der Waals surface area (Å²) in [6, 6.07) is 0. The molecule has 0 aliphatic rings. The van der Waals surface area contributed by atoms with Crippen molar-refractivity contribution in [2.45, 2.75) is 0 Å². The standard InChI is InChI=1S/C2H6NO3Si/c3-1-2-6-7(4)5/h1-3H2/q-1. The Morgan fingerprint density at radius 2 is 2.43 bits per heavy atom. The molecule has 0 saturated carbocycles. The second-order valence-electron chi connectivity index (χ2n) is 0.887. The van der Waals surface area contributed by atoms with Crippen molar-refractivity contribution in [1.29, 1.82) is 0 Å². The highest BCUT2D eigenvalue weighted by molar-refractivity contribution is 6.21. The van der Waals surface area contributed by atoms with Crippen molar-refractivity contribution < 1.29 is 13.7 Å². The van der Waals surface area contributed by atoms with E-state index < -0.39 is 9.17 Å². The number of hydrogen-bond acceptors (Lipinski definition) is 4. The third kappa shape index (κ3) is 5.58. The summed E-state index contributed by atoms with van der Waals surface area (Å²) in [7, 11) is -2.98. The van der Waals surface area contributed by atoms with Gasteiger partial charge in [0.1, 0.15) is 0 Å². The molecule has 0 unspecified atom stereocenters. The van der Waals surface area contributed by atoms with Gasteiger partial charge >= 0.3 is 9.17 Å². The number of rotatable bonds is 3. The molecule has 4 nitrogen and oxygen atoms in total. The maximum atomic E-state index is 9.55. The maximum absolute atomic E-state index is 9.55. The first-order valence-electron chi connectivity index (χ1n) is 1.81. The van der Waals surface area contributed by atoms with Gasteiger partial charge in [0.2, 0.25) is 0 Å². The zero-order chi connectivity index (χ0) is 5.70. The second kappa shape index (κ2) is 3.76. The van der Waals surface area contributed by atoms with E-state index in [1.54, 1.807) is 0 Å². The minimum atomic E-state index is -2.98. The second-order valence-corrected chi connectivity index (χ2v) is 1.68. The van der Waals surface area contributed by atoms with Crippen LogP contribution in [0, 0.1) is 0 Å². The summed E-state index contributed by atoms with van der Waals surface area (Å²) in [5, 5.41) is 0. The van der Waals surface area contributed by atoms with Gasteiger partial charge in [-0.15, -0.1) is 0 Å². The quantitative estimate of drug-likeness (QED) is 0.426. The summed E-state index contributed by atoms with van der Waals surface area (Å²) in [6.45, 7) is 0.347. The molecule has 42 valence electrons. The average Bonchev–Trinajstić information content (AvgIpc) is 1.61. The normalized spacial score (nSPS) is 8.14. The molecule has 2 N–H and O–H groups in total. The van der Waals surface area contributed by atoms with Crippen LogP contribution in [0.3, 0.4) is 0 Å². The van der Waals surface area contributed by atoms with Crippen molar-refractivity contribution in [3.05, 3.63) is 0 Å². The fourth-order valence-corrected chi connectivity index (χ4v) is 0.427. The summed E-state index contributed by atoms with van der Waals surface area (Å²) in [5.74, 6) is 0. The summed E-state index contributed by atoms with van der Waals surface area (Å²) in [4.78, 5) is 9.55. The van der Waals surface area contributed by atoms with Gasteiger partial charge in [-0.05, 0) is 0 Å². The van der Waals surface area contributed by atoms with Crippen LogP contribution in [0.2, 0.25) is 0 Å². The Hall–Kier alpha value is -0.423. The first-order valence-corrected chi connectivity index (χ1v) is 3.03.